The third-order valence-corrected chi connectivity index (χ3v) is 1.58. The fourth-order valence-electron chi connectivity index (χ4n) is 0.439. The average molecular weight is 189 g/mol. The monoisotopic (exact) mass is 188 g/mol. The van der Waals surface area contributed by atoms with E-state index in [4.69, 9.17) is 23.2 Å². The van der Waals surface area contributed by atoms with Crippen molar-refractivity contribution in [3.63, 3.8) is 0 Å². The molecule has 1 rings (SSSR count). The first-order valence-electron chi connectivity index (χ1n) is 2.21. The molecule has 9 heavy (non-hydrogen) atoms. The summed E-state index contributed by atoms with van der Waals surface area (Å²) in [6, 6.07) is 7.19. The van der Waals surface area contributed by atoms with Gasteiger partial charge >= 0.3 is 37.7 Å². The van der Waals surface area contributed by atoms with E-state index in [-0.39, 0.29) is 40.6 Å². The summed E-state index contributed by atoms with van der Waals surface area (Å²) in [6.45, 7) is 0. The molecule has 0 nitrogen and oxygen atoms in total. The molecule has 1 aromatic rings. The normalized spacial score (nSPS) is 8.22. The van der Waals surface area contributed by atoms with E-state index in [9.17, 15) is 0 Å². The van der Waals surface area contributed by atoms with Gasteiger partial charge in [-0.1, -0.05) is 35.3 Å². The summed E-state index contributed by atoms with van der Waals surface area (Å²) in [7, 11) is 0. The Bertz CT molecular complexity index is 175. The van der Waals surface area contributed by atoms with Gasteiger partial charge in [0.25, 0.3) is 0 Å². The first-order chi connectivity index (χ1) is 3.80. The fourth-order valence-corrected chi connectivity index (χ4v) is 0.711. The van der Waals surface area contributed by atoms with Crippen LogP contribution in [0.5, 0.6) is 0 Å². The maximum absolute atomic E-state index is 5.58. The molecule has 0 radical (unpaired) electrons. The molecule has 1 aromatic carbocycles. The summed E-state index contributed by atoms with van der Waals surface area (Å²) in [5, 5.41) is 1.21. The van der Waals surface area contributed by atoms with Gasteiger partial charge in [0, 0.05) is 0 Å². The van der Waals surface area contributed by atoms with Gasteiger partial charge in [0.1, 0.15) is 0 Å². The summed E-state index contributed by atoms with van der Waals surface area (Å²) in [5.74, 6) is 0. The van der Waals surface area contributed by atoms with Crippen LogP contribution >= 0.6 is 23.2 Å². The number of benzene rings is 1. The van der Waals surface area contributed by atoms with E-state index in [0.717, 1.165) is 0 Å². The minimum absolute atomic E-state index is 0. The predicted octanol–water partition coefficient (Wildman–Crippen LogP) is 2.84. The first kappa shape index (κ1) is 10.1. The molecule has 0 atom stereocenters. The zero-order valence-corrected chi connectivity index (χ0v) is 8.49. The molecule has 0 spiro atoms. The van der Waals surface area contributed by atoms with Gasteiger partial charge in [-0.15, -0.1) is 0 Å². The van der Waals surface area contributed by atoms with Crippen LogP contribution in [0.3, 0.4) is 0 Å². The second-order valence-electron chi connectivity index (χ2n) is 1.41. The molecular weight excluding hydrogens is 183 g/mol. The molecule has 0 unspecified atom stereocenters. The zero-order chi connectivity index (χ0) is 5.98. The Kier molecular flexibility index (Phi) is 5.38. The Morgan fingerprint density at radius 2 is 1.33 bits per heavy atom. The van der Waals surface area contributed by atoms with Crippen molar-refractivity contribution in [1.29, 1.82) is 0 Å². The van der Waals surface area contributed by atoms with Gasteiger partial charge in [0.05, 0.1) is 10.0 Å². The summed E-state index contributed by atoms with van der Waals surface area (Å²) in [4.78, 5) is 0. The molecule has 0 bridgehead atoms. The van der Waals surface area contributed by atoms with Gasteiger partial charge in [-0.25, -0.2) is 0 Å². The Labute approximate surface area is 97.1 Å². The number of halogens is 2. The Morgan fingerprint density at radius 3 is 1.56 bits per heavy atom. The van der Waals surface area contributed by atoms with Crippen LogP contribution in [-0.4, -0.2) is 37.7 Å². The standard InChI is InChI=1S/C6H4Cl2.Ca.2H/c7-5-3-1-2-4-6(5)8;;;/h1-4H;;;/q;+2;2*-1. The predicted molar refractivity (Wildman–Crippen MR) is 44.4 cm³/mol. The molecule has 0 aliphatic heterocycles. The van der Waals surface area contributed by atoms with E-state index in [1.54, 1.807) is 12.1 Å². The number of rotatable bonds is 0. The van der Waals surface area contributed by atoms with Crippen LogP contribution < -0.4 is 0 Å². The van der Waals surface area contributed by atoms with Crippen LogP contribution in [0, 0.1) is 0 Å². The van der Waals surface area contributed by atoms with Crippen LogP contribution in [-0.2, 0) is 0 Å². The zero-order valence-electron chi connectivity index (χ0n) is 6.77. The van der Waals surface area contributed by atoms with E-state index in [1.165, 1.54) is 0 Å². The second kappa shape index (κ2) is 4.81. The summed E-state index contributed by atoms with van der Waals surface area (Å²) in [6.07, 6.45) is 0. The Balaban J connectivity index is -0.000000213. The molecule has 3 heteroatoms. The Hall–Kier alpha value is 1.06. The largest absolute Gasteiger partial charge is 2.00 e. The van der Waals surface area contributed by atoms with Gasteiger partial charge in [-0.05, 0) is 12.1 Å². The molecule has 0 aliphatic carbocycles. The minimum atomic E-state index is 0. The maximum atomic E-state index is 5.58. The van der Waals surface area contributed by atoms with Crippen LogP contribution in [0.15, 0.2) is 24.3 Å². The Morgan fingerprint density at radius 1 is 1.00 bits per heavy atom. The maximum Gasteiger partial charge on any atom is 2.00 e. The van der Waals surface area contributed by atoms with Gasteiger partial charge in [-0.2, -0.15) is 0 Å². The van der Waals surface area contributed by atoms with Gasteiger partial charge in [0.15, 0.2) is 0 Å². The van der Waals surface area contributed by atoms with E-state index >= 15 is 0 Å². The third-order valence-electron chi connectivity index (χ3n) is 0.824. The summed E-state index contributed by atoms with van der Waals surface area (Å²) < 4.78 is 0. The van der Waals surface area contributed by atoms with Crippen molar-refractivity contribution in [1.82, 2.24) is 0 Å². The van der Waals surface area contributed by atoms with E-state index < -0.39 is 0 Å². The van der Waals surface area contributed by atoms with Gasteiger partial charge in [0.2, 0.25) is 0 Å². The summed E-state index contributed by atoms with van der Waals surface area (Å²) in [5.41, 5.74) is 0. The number of hydrogen-bond donors (Lipinski definition) is 0. The van der Waals surface area contributed by atoms with Crippen molar-refractivity contribution in [3.05, 3.63) is 34.3 Å². The van der Waals surface area contributed by atoms with Crippen molar-refractivity contribution in [2.24, 2.45) is 0 Å². The topological polar surface area (TPSA) is 0 Å². The molecule has 0 N–H and O–H groups in total. The molecule has 0 aromatic heterocycles. The molecular formula is C6H6CaCl2. The van der Waals surface area contributed by atoms with E-state index in [1.807, 2.05) is 12.1 Å². The van der Waals surface area contributed by atoms with Crippen molar-refractivity contribution >= 4 is 60.9 Å². The molecule has 0 fully saturated rings. The molecule has 46 valence electrons. The second-order valence-corrected chi connectivity index (χ2v) is 2.23. The molecule has 0 aliphatic rings. The number of hydrogen-bond acceptors (Lipinski definition) is 0. The first-order valence-corrected chi connectivity index (χ1v) is 2.96. The smallest absolute Gasteiger partial charge is 1.00 e. The van der Waals surface area contributed by atoms with Crippen molar-refractivity contribution in [3.8, 4) is 0 Å². The van der Waals surface area contributed by atoms with Crippen molar-refractivity contribution in [2.75, 3.05) is 0 Å². The van der Waals surface area contributed by atoms with Gasteiger partial charge < -0.3 is 2.85 Å². The van der Waals surface area contributed by atoms with Crippen molar-refractivity contribution < 1.29 is 2.85 Å². The minimum Gasteiger partial charge on any atom is -1.00 e. The fraction of sp³-hybridized carbons (Fsp3) is 0. The molecule has 0 saturated carbocycles. The third kappa shape index (κ3) is 3.10. The van der Waals surface area contributed by atoms with E-state index in [0.29, 0.717) is 10.0 Å². The summed E-state index contributed by atoms with van der Waals surface area (Å²) >= 11 is 11.2. The van der Waals surface area contributed by atoms with Crippen LogP contribution in [0.25, 0.3) is 0 Å². The van der Waals surface area contributed by atoms with E-state index in [2.05, 4.69) is 0 Å². The van der Waals surface area contributed by atoms with Crippen LogP contribution in [0.4, 0.5) is 0 Å². The molecule has 0 heterocycles. The SMILES string of the molecule is Clc1ccccc1Cl.[Ca+2].[H-].[H-]. The quantitative estimate of drug-likeness (QED) is 0.550. The average Bonchev–Trinajstić information content (AvgIpc) is 1.77. The van der Waals surface area contributed by atoms with Crippen LogP contribution in [0.2, 0.25) is 10.0 Å². The van der Waals surface area contributed by atoms with Crippen molar-refractivity contribution in [2.45, 2.75) is 0 Å². The molecule has 0 saturated heterocycles. The van der Waals surface area contributed by atoms with Gasteiger partial charge in [-0.3, -0.25) is 0 Å². The van der Waals surface area contributed by atoms with Crippen LogP contribution in [0.1, 0.15) is 2.85 Å². The molecule has 0 amide bonds.